The molecule has 0 saturated heterocycles. The Kier molecular flexibility index (Phi) is 4.57. The molecule has 0 atom stereocenters. The predicted molar refractivity (Wildman–Crippen MR) is 87.8 cm³/mol. The molecular weight excluding hydrogens is 293 g/mol. The average molecular weight is 315 g/mol. The molecular formula is C18H22FN3O. The molecule has 0 spiro atoms. The van der Waals surface area contributed by atoms with Crippen LogP contribution in [0.15, 0.2) is 23.0 Å². The molecule has 0 bridgehead atoms. The van der Waals surface area contributed by atoms with Crippen molar-refractivity contribution in [2.75, 3.05) is 6.54 Å². The van der Waals surface area contributed by atoms with E-state index in [1.807, 2.05) is 12.1 Å². The summed E-state index contributed by atoms with van der Waals surface area (Å²) in [4.78, 5) is 21.9. The summed E-state index contributed by atoms with van der Waals surface area (Å²) in [5, 5.41) is 0. The number of halogens is 1. The van der Waals surface area contributed by atoms with E-state index >= 15 is 0 Å². The minimum atomic E-state index is -0.167. The summed E-state index contributed by atoms with van der Waals surface area (Å²) in [6.45, 7) is 5.94. The van der Waals surface area contributed by atoms with Crippen molar-refractivity contribution in [2.24, 2.45) is 0 Å². The number of aryl methyl sites for hydroxylation is 2. The number of fused-ring (bicyclic) bond motifs is 1. The smallest absolute Gasteiger partial charge is 0.254 e. The third-order valence-electron chi connectivity index (χ3n) is 4.33. The second kappa shape index (κ2) is 6.62. The Balaban J connectivity index is 1.79. The van der Waals surface area contributed by atoms with Crippen molar-refractivity contribution in [1.82, 2.24) is 14.9 Å². The number of hydrogen-bond donors (Lipinski definition) is 1. The summed E-state index contributed by atoms with van der Waals surface area (Å²) in [7, 11) is 0. The van der Waals surface area contributed by atoms with Gasteiger partial charge in [0.25, 0.3) is 5.56 Å². The monoisotopic (exact) mass is 315 g/mol. The van der Waals surface area contributed by atoms with Gasteiger partial charge in [-0.2, -0.15) is 0 Å². The molecule has 4 nitrogen and oxygen atoms in total. The molecule has 0 aliphatic carbocycles. The first-order chi connectivity index (χ1) is 11.1. The van der Waals surface area contributed by atoms with Gasteiger partial charge in [-0.1, -0.05) is 19.1 Å². The number of benzene rings is 1. The molecule has 1 aliphatic rings. The van der Waals surface area contributed by atoms with Gasteiger partial charge in [-0.25, -0.2) is 9.37 Å². The zero-order valence-electron chi connectivity index (χ0n) is 13.7. The van der Waals surface area contributed by atoms with Crippen LogP contribution in [0.4, 0.5) is 4.39 Å². The van der Waals surface area contributed by atoms with E-state index in [2.05, 4.69) is 21.8 Å². The quantitative estimate of drug-likeness (QED) is 0.944. The predicted octanol–water partition coefficient (Wildman–Crippen LogP) is 2.73. The van der Waals surface area contributed by atoms with Crippen LogP contribution in [-0.4, -0.2) is 21.4 Å². The Bertz CT molecular complexity index is 769. The second-order valence-corrected chi connectivity index (χ2v) is 6.23. The molecule has 1 aromatic carbocycles. The molecule has 23 heavy (non-hydrogen) atoms. The Morgan fingerprint density at radius 1 is 1.39 bits per heavy atom. The first-order valence-electron chi connectivity index (χ1n) is 8.15. The summed E-state index contributed by atoms with van der Waals surface area (Å²) in [6, 6.07) is 5.37. The fourth-order valence-electron chi connectivity index (χ4n) is 3.03. The Morgan fingerprint density at radius 3 is 2.96 bits per heavy atom. The summed E-state index contributed by atoms with van der Waals surface area (Å²) in [5.74, 6) is 0.596. The van der Waals surface area contributed by atoms with Crippen molar-refractivity contribution in [3.8, 4) is 0 Å². The van der Waals surface area contributed by atoms with E-state index in [4.69, 9.17) is 0 Å². The normalized spacial score (nSPS) is 14.7. The number of aromatic nitrogens is 2. The topological polar surface area (TPSA) is 49.0 Å². The number of nitrogens with one attached hydrogen (secondary N) is 1. The third-order valence-corrected chi connectivity index (χ3v) is 4.33. The Labute approximate surface area is 135 Å². The molecule has 1 N–H and O–H groups in total. The minimum absolute atomic E-state index is 0.000481. The van der Waals surface area contributed by atoms with E-state index in [0.717, 1.165) is 42.0 Å². The zero-order chi connectivity index (χ0) is 16.4. The molecule has 1 aromatic heterocycles. The molecule has 0 radical (unpaired) electrons. The van der Waals surface area contributed by atoms with E-state index < -0.39 is 0 Å². The molecule has 0 fully saturated rings. The fourth-order valence-corrected chi connectivity index (χ4v) is 3.03. The molecule has 0 amide bonds. The lowest BCUT2D eigenvalue weighted by molar-refractivity contribution is 0.239. The number of nitrogens with zero attached hydrogens (tertiary/aromatic N) is 2. The van der Waals surface area contributed by atoms with Crippen LogP contribution < -0.4 is 5.56 Å². The number of H-pyrrole nitrogens is 1. The van der Waals surface area contributed by atoms with Gasteiger partial charge in [-0.15, -0.1) is 0 Å². The molecule has 2 aromatic rings. The van der Waals surface area contributed by atoms with Crippen LogP contribution in [-0.2, 0) is 25.9 Å². The molecule has 3 rings (SSSR count). The minimum Gasteiger partial charge on any atom is -0.310 e. The van der Waals surface area contributed by atoms with Crippen LogP contribution >= 0.6 is 0 Å². The number of rotatable bonds is 4. The number of aromatic amines is 1. The molecule has 0 saturated carbocycles. The Morgan fingerprint density at radius 2 is 2.22 bits per heavy atom. The fraction of sp³-hybridized carbons (Fsp3) is 0.444. The highest BCUT2D eigenvalue weighted by atomic mass is 19.1. The van der Waals surface area contributed by atoms with Crippen molar-refractivity contribution in [1.29, 1.82) is 0 Å². The van der Waals surface area contributed by atoms with E-state index in [1.54, 1.807) is 13.0 Å². The van der Waals surface area contributed by atoms with E-state index in [1.165, 1.54) is 0 Å². The highest BCUT2D eigenvalue weighted by molar-refractivity contribution is 5.25. The maximum atomic E-state index is 13.7. The summed E-state index contributed by atoms with van der Waals surface area (Å²) in [5.41, 5.74) is 3.29. The van der Waals surface area contributed by atoms with Crippen molar-refractivity contribution in [3.63, 3.8) is 0 Å². The van der Waals surface area contributed by atoms with Gasteiger partial charge in [0.2, 0.25) is 0 Å². The van der Waals surface area contributed by atoms with Gasteiger partial charge in [0, 0.05) is 31.6 Å². The molecule has 5 heteroatoms. The van der Waals surface area contributed by atoms with Crippen LogP contribution in [0.1, 0.15) is 41.6 Å². The van der Waals surface area contributed by atoms with Gasteiger partial charge in [0.1, 0.15) is 11.6 Å². The molecule has 1 aliphatic heterocycles. The lowest BCUT2D eigenvalue weighted by atomic mass is 10.0. The van der Waals surface area contributed by atoms with Crippen molar-refractivity contribution in [2.45, 2.75) is 46.2 Å². The second-order valence-electron chi connectivity index (χ2n) is 6.23. The van der Waals surface area contributed by atoms with E-state index in [9.17, 15) is 9.18 Å². The first kappa shape index (κ1) is 15.9. The van der Waals surface area contributed by atoms with Gasteiger partial charge in [0.15, 0.2) is 0 Å². The van der Waals surface area contributed by atoms with Crippen molar-refractivity contribution >= 4 is 0 Å². The maximum Gasteiger partial charge on any atom is 0.254 e. The maximum absolute atomic E-state index is 13.7. The Hall–Kier alpha value is -2.01. The first-order valence-corrected chi connectivity index (χ1v) is 8.15. The van der Waals surface area contributed by atoms with Crippen LogP contribution in [0.25, 0.3) is 0 Å². The van der Waals surface area contributed by atoms with Gasteiger partial charge < -0.3 is 4.98 Å². The van der Waals surface area contributed by atoms with Crippen molar-refractivity contribution < 1.29 is 4.39 Å². The molecule has 0 unspecified atom stereocenters. The van der Waals surface area contributed by atoms with Gasteiger partial charge >= 0.3 is 0 Å². The summed E-state index contributed by atoms with van der Waals surface area (Å²) >= 11 is 0. The highest BCUT2D eigenvalue weighted by Crippen LogP contribution is 2.18. The summed E-state index contributed by atoms with van der Waals surface area (Å²) in [6.07, 6.45) is 2.43. The van der Waals surface area contributed by atoms with Crippen LogP contribution in [0.5, 0.6) is 0 Å². The van der Waals surface area contributed by atoms with E-state index in [0.29, 0.717) is 25.1 Å². The van der Waals surface area contributed by atoms with Gasteiger partial charge in [-0.3, -0.25) is 9.69 Å². The van der Waals surface area contributed by atoms with Crippen LogP contribution in [0, 0.1) is 12.7 Å². The SMILES string of the molecule is CCCc1nc2c(c(=O)[nH]1)CCN(Cc1ccc(C)c(F)c1)C2. The largest absolute Gasteiger partial charge is 0.310 e. The van der Waals surface area contributed by atoms with Crippen LogP contribution in [0.2, 0.25) is 0 Å². The summed E-state index contributed by atoms with van der Waals surface area (Å²) < 4.78 is 13.7. The van der Waals surface area contributed by atoms with E-state index in [-0.39, 0.29) is 11.4 Å². The molecule has 2 heterocycles. The zero-order valence-corrected chi connectivity index (χ0v) is 13.7. The standard InChI is InChI=1S/C18H22FN3O/c1-3-4-17-20-16-11-22(8-7-14(16)18(23)21-17)10-13-6-5-12(2)15(19)9-13/h5-6,9H,3-4,7-8,10-11H2,1-2H3,(H,20,21,23). The van der Waals surface area contributed by atoms with Gasteiger partial charge in [0.05, 0.1) is 5.69 Å². The average Bonchev–Trinajstić information content (AvgIpc) is 2.51. The lowest BCUT2D eigenvalue weighted by Gasteiger charge is -2.27. The van der Waals surface area contributed by atoms with Crippen molar-refractivity contribution in [3.05, 3.63) is 62.6 Å². The number of hydrogen-bond acceptors (Lipinski definition) is 3. The highest BCUT2D eigenvalue weighted by Gasteiger charge is 2.21. The lowest BCUT2D eigenvalue weighted by Crippen LogP contribution is -2.35. The third kappa shape index (κ3) is 3.50. The van der Waals surface area contributed by atoms with Crippen LogP contribution in [0.3, 0.4) is 0 Å². The van der Waals surface area contributed by atoms with Gasteiger partial charge in [-0.05, 0) is 37.0 Å². The molecule has 122 valence electrons.